The van der Waals surface area contributed by atoms with Crippen LogP contribution in [-0.2, 0) is 19.1 Å². The van der Waals surface area contributed by atoms with Crippen LogP contribution in [0.15, 0.2) is 72.8 Å². The van der Waals surface area contributed by atoms with Crippen LogP contribution in [0.2, 0.25) is 0 Å². The fraction of sp³-hybridized carbons (Fsp3) is 0.310. The van der Waals surface area contributed by atoms with E-state index in [9.17, 15) is 9.59 Å². The lowest BCUT2D eigenvalue weighted by Crippen LogP contribution is -2.47. The van der Waals surface area contributed by atoms with Crippen molar-refractivity contribution < 1.29 is 19.1 Å². The van der Waals surface area contributed by atoms with E-state index in [0.717, 1.165) is 22.3 Å². The fourth-order valence-corrected chi connectivity index (χ4v) is 3.90. The minimum absolute atomic E-state index is 0.376. The maximum atomic E-state index is 13.3. The van der Waals surface area contributed by atoms with Crippen LogP contribution in [0.5, 0.6) is 0 Å². The number of rotatable bonds is 8. The molecule has 0 unspecified atom stereocenters. The van der Waals surface area contributed by atoms with Gasteiger partial charge in [0.2, 0.25) is 6.04 Å². The lowest BCUT2D eigenvalue weighted by Gasteiger charge is -2.32. The highest BCUT2D eigenvalue weighted by Crippen LogP contribution is 2.34. The van der Waals surface area contributed by atoms with E-state index < -0.39 is 18.0 Å². The van der Waals surface area contributed by atoms with Crippen LogP contribution in [0.4, 0.5) is 11.4 Å². The highest BCUT2D eigenvalue weighted by atomic mass is 16.6. The minimum Gasteiger partial charge on any atom is -0.461 e. The van der Waals surface area contributed by atoms with Crippen molar-refractivity contribution in [1.82, 2.24) is 0 Å². The standard InChI is InChI=1S/C29H33NO4/c1-19(2)33-28(31)27(29(32)34-20(3)4)30(26-16-21(5)15-22(6)17-26)25-14-10-13-24(18-25)23-11-8-7-9-12-23/h7-20,27H,1-6H3. The molecule has 3 aromatic rings. The van der Waals surface area contributed by atoms with E-state index in [1.807, 2.05) is 80.6 Å². The number of nitrogens with zero attached hydrogens (tertiary/aromatic N) is 1. The normalized spacial score (nSPS) is 11.1. The molecule has 0 aliphatic carbocycles. The van der Waals surface area contributed by atoms with Crippen molar-refractivity contribution >= 4 is 23.3 Å². The molecule has 0 aromatic heterocycles. The number of benzene rings is 3. The molecule has 0 aliphatic heterocycles. The summed E-state index contributed by atoms with van der Waals surface area (Å²) in [5.74, 6) is -1.30. The summed E-state index contributed by atoms with van der Waals surface area (Å²) in [5, 5.41) is 0. The highest BCUT2D eigenvalue weighted by molar-refractivity contribution is 6.04. The topological polar surface area (TPSA) is 55.8 Å². The van der Waals surface area contributed by atoms with E-state index in [-0.39, 0.29) is 12.2 Å². The first-order valence-electron chi connectivity index (χ1n) is 11.6. The molecule has 34 heavy (non-hydrogen) atoms. The predicted octanol–water partition coefficient (Wildman–Crippen LogP) is 6.38. The first-order valence-corrected chi connectivity index (χ1v) is 11.6. The number of hydrogen-bond acceptors (Lipinski definition) is 5. The fourth-order valence-electron chi connectivity index (χ4n) is 3.90. The summed E-state index contributed by atoms with van der Waals surface area (Å²) < 4.78 is 11.1. The highest BCUT2D eigenvalue weighted by Gasteiger charge is 2.38. The van der Waals surface area contributed by atoms with Crippen LogP contribution in [0.25, 0.3) is 11.1 Å². The van der Waals surface area contributed by atoms with Gasteiger partial charge in [-0.2, -0.15) is 0 Å². The van der Waals surface area contributed by atoms with Gasteiger partial charge in [-0.25, -0.2) is 9.59 Å². The molecule has 0 saturated heterocycles. The van der Waals surface area contributed by atoms with Crippen molar-refractivity contribution in [2.75, 3.05) is 4.90 Å². The third-order valence-corrected chi connectivity index (χ3v) is 5.12. The number of esters is 2. The SMILES string of the molecule is Cc1cc(C)cc(N(c2cccc(-c3ccccc3)c2)C(C(=O)OC(C)C)C(=O)OC(C)C)c1. The maximum Gasteiger partial charge on any atom is 0.341 e. The first kappa shape index (κ1) is 25.0. The molecular formula is C29H33NO4. The van der Waals surface area contributed by atoms with E-state index in [4.69, 9.17) is 9.47 Å². The second-order valence-corrected chi connectivity index (χ2v) is 9.01. The molecule has 0 aliphatic rings. The number of ether oxygens (including phenoxy) is 2. The third-order valence-electron chi connectivity index (χ3n) is 5.12. The third kappa shape index (κ3) is 6.25. The number of carbonyl (C=O) groups excluding carboxylic acids is 2. The lowest BCUT2D eigenvalue weighted by atomic mass is 10.0. The number of aryl methyl sites for hydroxylation is 2. The smallest absolute Gasteiger partial charge is 0.341 e. The quantitative estimate of drug-likeness (QED) is 0.289. The molecule has 0 N–H and O–H groups in total. The van der Waals surface area contributed by atoms with Gasteiger partial charge in [-0.1, -0.05) is 48.5 Å². The van der Waals surface area contributed by atoms with E-state index in [1.165, 1.54) is 0 Å². The van der Waals surface area contributed by atoms with Gasteiger partial charge in [-0.3, -0.25) is 0 Å². The van der Waals surface area contributed by atoms with Gasteiger partial charge >= 0.3 is 11.9 Å². The Hall–Kier alpha value is -3.60. The van der Waals surface area contributed by atoms with Crippen LogP contribution in [0, 0.1) is 13.8 Å². The van der Waals surface area contributed by atoms with Gasteiger partial charge in [-0.05, 0) is 88.1 Å². The molecular weight excluding hydrogens is 426 g/mol. The number of carbonyl (C=O) groups is 2. The predicted molar refractivity (Wildman–Crippen MR) is 136 cm³/mol. The summed E-state index contributed by atoms with van der Waals surface area (Å²) in [7, 11) is 0. The van der Waals surface area contributed by atoms with Gasteiger partial charge in [0.05, 0.1) is 12.2 Å². The molecule has 0 bridgehead atoms. The zero-order valence-corrected chi connectivity index (χ0v) is 20.7. The molecule has 0 amide bonds. The molecule has 178 valence electrons. The Morgan fingerprint density at radius 1 is 0.647 bits per heavy atom. The average Bonchev–Trinajstić information content (AvgIpc) is 2.76. The molecule has 3 aromatic carbocycles. The molecule has 0 atom stereocenters. The lowest BCUT2D eigenvalue weighted by molar-refractivity contribution is -0.160. The Morgan fingerprint density at radius 3 is 1.71 bits per heavy atom. The van der Waals surface area contributed by atoms with Crippen molar-refractivity contribution in [3.05, 3.63) is 83.9 Å². The van der Waals surface area contributed by atoms with Crippen molar-refractivity contribution in [3.63, 3.8) is 0 Å². The molecule has 5 heteroatoms. The summed E-state index contributed by atoms with van der Waals surface area (Å²) >= 11 is 0. The summed E-state index contributed by atoms with van der Waals surface area (Å²) in [6, 6.07) is 22.4. The van der Waals surface area contributed by atoms with Gasteiger partial charge < -0.3 is 14.4 Å². The van der Waals surface area contributed by atoms with E-state index in [0.29, 0.717) is 11.4 Å². The van der Waals surface area contributed by atoms with Gasteiger partial charge in [0.25, 0.3) is 0 Å². The molecule has 0 saturated carbocycles. The van der Waals surface area contributed by atoms with Crippen molar-refractivity contribution in [2.24, 2.45) is 0 Å². The first-order chi connectivity index (χ1) is 16.2. The Morgan fingerprint density at radius 2 is 1.18 bits per heavy atom. The number of anilines is 2. The zero-order valence-electron chi connectivity index (χ0n) is 20.7. The molecule has 5 nitrogen and oxygen atoms in total. The molecule has 0 heterocycles. The summed E-state index contributed by atoms with van der Waals surface area (Å²) in [6.45, 7) is 11.0. The summed E-state index contributed by atoms with van der Waals surface area (Å²) in [5.41, 5.74) is 5.46. The van der Waals surface area contributed by atoms with Gasteiger partial charge in [0.1, 0.15) is 0 Å². The van der Waals surface area contributed by atoms with Gasteiger partial charge in [0.15, 0.2) is 0 Å². The Bertz CT molecular complexity index is 1100. The van der Waals surface area contributed by atoms with E-state index in [2.05, 4.69) is 6.07 Å². The van der Waals surface area contributed by atoms with Crippen molar-refractivity contribution in [3.8, 4) is 11.1 Å². The minimum atomic E-state index is -1.29. The molecule has 0 spiro atoms. The molecule has 0 radical (unpaired) electrons. The average molecular weight is 460 g/mol. The Kier molecular flexibility index (Phi) is 8.11. The van der Waals surface area contributed by atoms with E-state index in [1.54, 1.807) is 32.6 Å². The maximum absolute atomic E-state index is 13.3. The molecule has 0 fully saturated rings. The van der Waals surface area contributed by atoms with Crippen LogP contribution in [0.3, 0.4) is 0 Å². The summed E-state index contributed by atoms with van der Waals surface area (Å²) in [4.78, 5) is 28.4. The Balaban J connectivity index is 2.21. The Labute approximate surface area is 202 Å². The van der Waals surface area contributed by atoms with Gasteiger partial charge in [-0.15, -0.1) is 0 Å². The van der Waals surface area contributed by atoms with Crippen LogP contribution in [-0.4, -0.2) is 30.2 Å². The molecule has 3 rings (SSSR count). The van der Waals surface area contributed by atoms with Crippen molar-refractivity contribution in [2.45, 2.75) is 59.8 Å². The zero-order chi connectivity index (χ0) is 24.8. The van der Waals surface area contributed by atoms with Crippen LogP contribution < -0.4 is 4.90 Å². The number of hydrogen-bond donors (Lipinski definition) is 0. The van der Waals surface area contributed by atoms with Crippen LogP contribution >= 0.6 is 0 Å². The summed E-state index contributed by atoms with van der Waals surface area (Å²) in [6.07, 6.45) is -0.753. The van der Waals surface area contributed by atoms with Crippen molar-refractivity contribution in [1.29, 1.82) is 0 Å². The monoisotopic (exact) mass is 459 g/mol. The van der Waals surface area contributed by atoms with Crippen LogP contribution in [0.1, 0.15) is 38.8 Å². The second-order valence-electron chi connectivity index (χ2n) is 9.01. The largest absolute Gasteiger partial charge is 0.461 e. The van der Waals surface area contributed by atoms with Gasteiger partial charge in [0, 0.05) is 11.4 Å². The van der Waals surface area contributed by atoms with E-state index >= 15 is 0 Å². The second kappa shape index (κ2) is 11.0.